The monoisotopic (exact) mass is 352 g/mol. The smallest absolute Gasteiger partial charge is 0.250 e. The molecule has 0 spiro atoms. The standard InChI is InChI=1S/C20H21FN4O/c1-20(12-23-10-9-17(20)21)14-5-7-15(8-6-14)25-11-13-3-2-4-16(19(22)26)18(13)24-25/h2-8,11,17,23H,9-10,12H2,1H3,(H2,22,26)/t17-,20+/m0/s1. The summed E-state index contributed by atoms with van der Waals surface area (Å²) in [5, 5.41) is 8.64. The Morgan fingerprint density at radius 1 is 1.31 bits per heavy atom. The van der Waals surface area contributed by atoms with Crippen LogP contribution in [0.25, 0.3) is 16.6 Å². The third-order valence-electron chi connectivity index (χ3n) is 5.35. The molecule has 1 aliphatic heterocycles. The van der Waals surface area contributed by atoms with Crippen molar-refractivity contribution in [1.29, 1.82) is 0 Å². The summed E-state index contributed by atoms with van der Waals surface area (Å²) >= 11 is 0. The van der Waals surface area contributed by atoms with Crippen LogP contribution in [0.5, 0.6) is 0 Å². The minimum atomic E-state index is -0.861. The molecule has 1 saturated heterocycles. The molecule has 26 heavy (non-hydrogen) atoms. The summed E-state index contributed by atoms with van der Waals surface area (Å²) in [4.78, 5) is 11.6. The summed E-state index contributed by atoms with van der Waals surface area (Å²) in [5.41, 5.74) is 7.71. The van der Waals surface area contributed by atoms with Gasteiger partial charge in [0.2, 0.25) is 0 Å². The molecule has 0 unspecified atom stereocenters. The number of primary amides is 1. The first kappa shape index (κ1) is 16.7. The van der Waals surface area contributed by atoms with Crippen molar-refractivity contribution in [3.63, 3.8) is 0 Å². The molecule has 1 fully saturated rings. The van der Waals surface area contributed by atoms with Crippen molar-refractivity contribution in [2.45, 2.75) is 24.9 Å². The number of aromatic nitrogens is 2. The Bertz CT molecular complexity index is 966. The van der Waals surface area contributed by atoms with E-state index >= 15 is 0 Å². The maximum Gasteiger partial charge on any atom is 0.250 e. The number of hydrogen-bond donors (Lipinski definition) is 2. The quantitative estimate of drug-likeness (QED) is 0.761. The number of hydrogen-bond acceptors (Lipinski definition) is 3. The fraction of sp³-hybridized carbons (Fsp3) is 0.300. The van der Waals surface area contributed by atoms with Gasteiger partial charge in [-0.3, -0.25) is 4.79 Å². The van der Waals surface area contributed by atoms with Gasteiger partial charge in [-0.15, -0.1) is 0 Å². The number of carbonyl (C=O) groups is 1. The Kier molecular flexibility index (Phi) is 4.00. The molecule has 3 aromatic rings. The second-order valence-corrected chi connectivity index (χ2v) is 7.08. The Hall–Kier alpha value is -2.73. The maximum atomic E-state index is 14.5. The topological polar surface area (TPSA) is 72.9 Å². The van der Waals surface area contributed by atoms with Crippen LogP contribution in [0.4, 0.5) is 4.39 Å². The molecular weight excluding hydrogens is 331 g/mol. The lowest BCUT2D eigenvalue weighted by atomic mass is 9.75. The first-order valence-electron chi connectivity index (χ1n) is 8.73. The molecule has 1 amide bonds. The minimum absolute atomic E-state index is 0.402. The van der Waals surface area contributed by atoms with E-state index in [2.05, 4.69) is 10.4 Å². The van der Waals surface area contributed by atoms with E-state index in [4.69, 9.17) is 5.73 Å². The van der Waals surface area contributed by atoms with Gasteiger partial charge in [0, 0.05) is 23.5 Å². The number of alkyl halides is 1. The van der Waals surface area contributed by atoms with Crippen LogP contribution in [-0.4, -0.2) is 34.9 Å². The van der Waals surface area contributed by atoms with Gasteiger partial charge in [0.1, 0.15) is 11.7 Å². The number of nitrogens with two attached hydrogens (primary N) is 1. The predicted molar refractivity (Wildman–Crippen MR) is 99.3 cm³/mol. The van der Waals surface area contributed by atoms with Crippen molar-refractivity contribution in [2.24, 2.45) is 5.73 Å². The SMILES string of the molecule is C[C@]1(c2ccc(-n3cc4cccc(C(N)=O)c4n3)cc2)CNCC[C@@H]1F. The molecule has 0 saturated carbocycles. The van der Waals surface area contributed by atoms with Crippen molar-refractivity contribution >= 4 is 16.8 Å². The summed E-state index contributed by atoms with van der Waals surface area (Å²) in [7, 11) is 0. The van der Waals surface area contributed by atoms with Crippen LogP contribution in [0.3, 0.4) is 0 Å². The highest BCUT2D eigenvalue weighted by Gasteiger charge is 2.38. The van der Waals surface area contributed by atoms with E-state index < -0.39 is 17.5 Å². The van der Waals surface area contributed by atoms with Gasteiger partial charge in [0.05, 0.1) is 11.3 Å². The van der Waals surface area contributed by atoms with E-state index in [0.29, 0.717) is 24.0 Å². The second kappa shape index (κ2) is 6.21. The van der Waals surface area contributed by atoms with E-state index in [1.165, 1.54) is 0 Å². The summed E-state index contributed by atoms with van der Waals surface area (Å²) in [6.45, 7) is 3.30. The largest absolute Gasteiger partial charge is 0.366 e. The van der Waals surface area contributed by atoms with Crippen molar-refractivity contribution in [3.8, 4) is 5.69 Å². The number of halogens is 1. The molecule has 3 N–H and O–H groups in total. The van der Waals surface area contributed by atoms with Crippen LogP contribution in [0.15, 0.2) is 48.7 Å². The number of nitrogens with zero attached hydrogens (tertiary/aromatic N) is 2. The van der Waals surface area contributed by atoms with Gasteiger partial charge < -0.3 is 11.1 Å². The van der Waals surface area contributed by atoms with Crippen LogP contribution < -0.4 is 11.1 Å². The average molecular weight is 352 g/mol. The summed E-state index contributed by atoms with van der Waals surface area (Å²) in [6, 6.07) is 13.1. The number of fused-ring (bicyclic) bond motifs is 1. The highest BCUT2D eigenvalue weighted by atomic mass is 19.1. The molecule has 4 rings (SSSR count). The molecule has 5 nitrogen and oxygen atoms in total. The van der Waals surface area contributed by atoms with Gasteiger partial charge in [-0.2, -0.15) is 5.10 Å². The molecule has 2 atom stereocenters. The average Bonchev–Trinajstić information content (AvgIpc) is 3.08. The normalized spacial score (nSPS) is 23.2. The predicted octanol–water partition coefficient (Wildman–Crippen LogP) is 2.71. The van der Waals surface area contributed by atoms with Crippen LogP contribution in [0, 0.1) is 0 Å². The number of piperidine rings is 1. The van der Waals surface area contributed by atoms with E-state index in [0.717, 1.165) is 23.2 Å². The van der Waals surface area contributed by atoms with Crippen LogP contribution in [0.2, 0.25) is 0 Å². The number of nitrogens with one attached hydrogen (secondary N) is 1. The molecule has 0 radical (unpaired) electrons. The number of rotatable bonds is 3. The zero-order valence-corrected chi connectivity index (χ0v) is 14.6. The summed E-state index contributed by atoms with van der Waals surface area (Å²) in [5.74, 6) is -0.497. The van der Waals surface area contributed by atoms with E-state index in [9.17, 15) is 9.18 Å². The maximum absolute atomic E-state index is 14.5. The number of carbonyl (C=O) groups excluding carboxylic acids is 1. The highest BCUT2D eigenvalue weighted by Crippen LogP contribution is 2.33. The Labute approximate surface area is 151 Å². The van der Waals surface area contributed by atoms with Crippen molar-refractivity contribution in [3.05, 3.63) is 59.8 Å². The third kappa shape index (κ3) is 2.66. The van der Waals surface area contributed by atoms with Gasteiger partial charge in [0.15, 0.2) is 0 Å². The molecule has 1 aliphatic rings. The zero-order chi connectivity index (χ0) is 18.3. The summed E-state index contributed by atoms with van der Waals surface area (Å²) in [6.07, 6.45) is 1.53. The Balaban J connectivity index is 1.70. The minimum Gasteiger partial charge on any atom is -0.366 e. The first-order chi connectivity index (χ1) is 12.5. The highest BCUT2D eigenvalue weighted by molar-refractivity contribution is 6.04. The molecule has 2 heterocycles. The van der Waals surface area contributed by atoms with Crippen LogP contribution in [0.1, 0.15) is 29.3 Å². The molecule has 134 valence electrons. The van der Waals surface area contributed by atoms with E-state index in [1.54, 1.807) is 16.8 Å². The Morgan fingerprint density at radius 2 is 2.08 bits per heavy atom. The molecular formula is C20H21FN4O. The summed E-state index contributed by atoms with van der Waals surface area (Å²) < 4.78 is 16.2. The van der Waals surface area contributed by atoms with Gasteiger partial charge in [-0.25, -0.2) is 9.07 Å². The third-order valence-corrected chi connectivity index (χ3v) is 5.35. The molecule has 6 heteroatoms. The first-order valence-corrected chi connectivity index (χ1v) is 8.73. The molecule has 1 aromatic heterocycles. The number of benzene rings is 2. The van der Waals surface area contributed by atoms with E-state index in [-0.39, 0.29) is 0 Å². The van der Waals surface area contributed by atoms with E-state index in [1.807, 2.05) is 43.5 Å². The fourth-order valence-electron chi connectivity index (χ4n) is 3.66. The molecule has 0 bridgehead atoms. The Morgan fingerprint density at radius 3 is 2.77 bits per heavy atom. The lowest BCUT2D eigenvalue weighted by Gasteiger charge is -2.38. The lowest BCUT2D eigenvalue weighted by molar-refractivity contribution is 0.100. The van der Waals surface area contributed by atoms with Crippen LogP contribution >= 0.6 is 0 Å². The lowest BCUT2D eigenvalue weighted by Crippen LogP contribution is -2.49. The molecule has 0 aliphatic carbocycles. The zero-order valence-electron chi connectivity index (χ0n) is 14.6. The second-order valence-electron chi connectivity index (χ2n) is 7.08. The number of amides is 1. The van der Waals surface area contributed by atoms with Gasteiger partial charge in [-0.05, 0) is 36.7 Å². The van der Waals surface area contributed by atoms with Crippen molar-refractivity contribution in [2.75, 3.05) is 13.1 Å². The molecule has 2 aromatic carbocycles. The fourth-order valence-corrected chi connectivity index (χ4v) is 3.66. The van der Waals surface area contributed by atoms with Crippen LogP contribution in [-0.2, 0) is 5.41 Å². The van der Waals surface area contributed by atoms with Gasteiger partial charge >= 0.3 is 0 Å². The van der Waals surface area contributed by atoms with Crippen molar-refractivity contribution in [1.82, 2.24) is 15.1 Å². The van der Waals surface area contributed by atoms with Gasteiger partial charge in [-0.1, -0.05) is 31.2 Å². The van der Waals surface area contributed by atoms with Crippen molar-refractivity contribution < 1.29 is 9.18 Å². The van der Waals surface area contributed by atoms with Gasteiger partial charge in [0.25, 0.3) is 5.91 Å².